The van der Waals surface area contributed by atoms with Crippen LogP contribution >= 0.6 is 0 Å². The second kappa shape index (κ2) is 6.00. The fraction of sp³-hybridized carbons (Fsp3) is 0.263. The molecule has 1 N–H and O–H groups in total. The second-order valence-corrected chi connectivity index (χ2v) is 6.07. The summed E-state index contributed by atoms with van der Waals surface area (Å²) >= 11 is 0. The molecule has 1 saturated heterocycles. The lowest BCUT2D eigenvalue weighted by Crippen LogP contribution is -2.30. The van der Waals surface area contributed by atoms with Gasteiger partial charge in [-0.05, 0) is 48.7 Å². The second-order valence-electron chi connectivity index (χ2n) is 6.07. The van der Waals surface area contributed by atoms with E-state index in [1.54, 1.807) is 13.4 Å². The molecule has 1 amide bonds. The molecule has 3 aromatic rings. The Balaban J connectivity index is 1.64. The van der Waals surface area contributed by atoms with Gasteiger partial charge in [0.2, 0.25) is 0 Å². The molecule has 1 aliphatic rings. The number of rotatable bonds is 3. The van der Waals surface area contributed by atoms with E-state index < -0.39 is 0 Å². The maximum Gasteiger partial charge on any atom is 0.254 e. The first-order chi connectivity index (χ1) is 11.8. The number of H-pyrrole nitrogens is 1. The summed E-state index contributed by atoms with van der Waals surface area (Å²) in [5.74, 6) is 0.891. The van der Waals surface area contributed by atoms with Crippen LogP contribution in [0.1, 0.15) is 34.8 Å². The van der Waals surface area contributed by atoms with E-state index in [-0.39, 0.29) is 11.9 Å². The van der Waals surface area contributed by atoms with Gasteiger partial charge in [0.25, 0.3) is 5.91 Å². The maximum absolute atomic E-state index is 13.0. The zero-order valence-corrected chi connectivity index (χ0v) is 13.5. The summed E-state index contributed by atoms with van der Waals surface area (Å²) in [5, 5.41) is 0. The van der Waals surface area contributed by atoms with Gasteiger partial charge in [-0.3, -0.25) is 4.79 Å². The number of amides is 1. The quantitative estimate of drug-likeness (QED) is 0.802. The van der Waals surface area contributed by atoms with Gasteiger partial charge >= 0.3 is 0 Å². The third-order valence-corrected chi connectivity index (χ3v) is 4.66. The molecule has 1 aromatic heterocycles. The van der Waals surface area contributed by atoms with Crippen LogP contribution < -0.4 is 4.74 Å². The fourth-order valence-corrected chi connectivity index (χ4v) is 3.44. The van der Waals surface area contributed by atoms with E-state index in [0.717, 1.165) is 41.7 Å². The minimum Gasteiger partial charge on any atom is -0.497 e. The molecule has 2 heterocycles. The van der Waals surface area contributed by atoms with Crippen LogP contribution in [0.2, 0.25) is 0 Å². The van der Waals surface area contributed by atoms with Crippen LogP contribution in [0.15, 0.2) is 48.8 Å². The number of nitrogens with zero attached hydrogens (tertiary/aromatic N) is 2. The van der Waals surface area contributed by atoms with Crippen LogP contribution in [-0.2, 0) is 0 Å². The molecule has 1 atom stereocenters. The van der Waals surface area contributed by atoms with Crippen LogP contribution in [0.25, 0.3) is 11.0 Å². The number of benzene rings is 2. The Bertz CT molecular complexity index is 887. The van der Waals surface area contributed by atoms with E-state index in [0.29, 0.717) is 5.56 Å². The Labute approximate surface area is 140 Å². The summed E-state index contributed by atoms with van der Waals surface area (Å²) < 4.78 is 5.32. The minimum atomic E-state index is 0.0665. The monoisotopic (exact) mass is 321 g/mol. The molecule has 1 aliphatic heterocycles. The van der Waals surface area contributed by atoms with Crippen molar-refractivity contribution >= 4 is 16.9 Å². The smallest absolute Gasteiger partial charge is 0.254 e. The highest BCUT2D eigenvalue weighted by atomic mass is 16.5. The molecule has 5 heteroatoms. The summed E-state index contributed by atoms with van der Waals surface area (Å²) in [4.78, 5) is 22.2. The lowest BCUT2D eigenvalue weighted by molar-refractivity contribution is 0.0735. The van der Waals surface area contributed by atoms with Gasteiger partial charge in [-0.1, -0.05) is 12.1 Å². The fourth-order valence-electron chi connectivity index (χ4n) is 3.44. The largest absolute Gasteiger partial charge is 0.497 e. The molecule has 0 saturated carbocycles. The maximum atomic E-state index is 13.0. The van der Waals surface area contributed by atoms with Crippen molar-refractivity contribution in [1.82, 2.24) is 14.9 Å². The molecule has 0 aliphatic carbocycles. The molecule has 0 bridgehead atoms. The third kappa shape index (κ3) is 2.52. The summed E-state index contributed by atoms with van der Waals surface area (Å²) in [6.45, 7) is 0.779. The Morgan fingerprint density at radius 1 is 1.29 bits per heavy atom. The lowest BCUT2D eigenvalue weighted by Gasteiger charge is -2.25. The van der Waals surface area contributed by atoms with E-state index in [1.165, 1.54) is 0 Å². The van der Waals surface area contributed by atoms with E-state index in [4.69, 9.17) is 4.74 Å². The zero-order valence-electron chi connectivity index (χ0n) is 13.5. The molecule has 24 heavy (non-hydrogen) atoms. The summed E-state index contributed by atoms with van der Waals surface area (Å²) in [7, 11) is 1.66. The predicted octanol–water partition coefficient (Wildman–Crippen LogP) is 3.55. The Morgan fingerprint density at radius 3 is 3.08 bits per heavy atom. The molecule has 1 fully saturated rings. The van der Waals surface area contributed by atoms with Crippen LogP contribution in [0.4, 0.5) is 0 Å². The van der Waals surface area contributed by atoms with Crippen molar-refractivity contribution in [3.63, 3.8) is 0 Å². The van der Waals surface area contributed by atoms with Crippen molar-refractivity contribution < 1.29 is 9.53 Å². The highest BCUT2D eigenvalue weighted by Gasteiger charge is 2.30. The van der Waals surface area contributed by atoms with Crippen molar-refractivity contribution in [1.29, 1.82) is 0 Å². The molecule has 1 unspecified atom stereocenters. The number of likely N-dealkylation sites (tertiary alicyclic amines) is 1. The van der Waals surface area contributed by atoms with Gasteiger partial charge in [0.05, 0.1) is 30.5 Å². The molecular formula is C19H19N3O2. The number of fused-ring (bicyclic) bond motifs is 1. The van der Waals surface area contributed by atoms with Gasteiger partial charge < -0.3 is 14.6 Å². The average Bonchev–Trinajstić information content (AvgIpc) is 3.29. The van der Waals surface area contributed by atoms with Crippen LogP contribution in [-0.4, -0.2) is 34.4 Å². The molecule has 4 rings (SSSR count). The first kappa shape index (κ1) is 14.8. The SMILES string of the molecule is COc1cccc(C2CCCN2C(=O)c2ccc3nc[nH]c3c2)c1. The first-order valence-electron chi connectivity index (χ1n) is 8.14. The van der Waals surface area contributed by atoms with Crippen molar-refractivity contribution in [2.75, 3.05) is 13.7 Å². The number of nitrogens with one attached hydrogen (secondary N) is 1. The number of hydrogen-bond donors (Lipinski definition) is 1. The standard InChI is InChI=1S/C19H19N3O2/c1-24-15-5-2-4-13(10-15)18-6-3-9-22(18)19(23)14-7-8-16-17(11-14)21-12-20-16/h2,4-5,7-8,10-12,18H,3,6,9H2,1H3,(H,20,21). The topological polar surface area (TPSA) is 58.2 Å². The van der Waals surface area contributed by atoms with Gasteiger partial charge in [0.15, 0.2) is 0 Å². The van der Waals surface area contributed by atoms with Gasteiger partial charge in [0, 0.05) is 12.1 Å². The first-order valence-corrected chi connectivity index (χ1v) is 8.14. The normalized spacial score (nSPS) is 17.4. The number of carbonyl (C=O) groups is 1. The average molecular weight is 321 g/mol. The van der Waals surface area contributed by atoms with Crippen molar-refractivity contribution in [3.05, 3.63) is 59.9 Å². The molecule has 0 radical (unpaired) electrons. The number of aromatic amines is 1. The van der Waals surface area contributed by atoms with Crippen LogP contribution in [0.5, 0.6) is 5.75 Å². The van der Waals surface area contributed by atoms with Crippen LogP contribution in [0.3, 0.4) is 0 Å². The van der Waals surface area contributed by atoms with Crippen molar-refractivity contribution in [2.45, 2.75) is 18.9 Å². The number of aromatic nitrogens is 2. The lowest BCUT2D eigenvalue weighted by atomic mass is 10.0. The number of imidazole rings is 1. The minimum absolute atomic E-state index is 0.0665. The molecule has 2 aromatic carbocycles. The van der Waals surface area contributed by atoms with Gasteiger partial charge in [-0.25, -0.2) is 4.98 Å². The van der Waals surface area contributed by atoms with Crippen LogP contribution in [0, 0.1) is 0 Å². The van der Waals surface area contributed by atoms with Gasteiger partial charge in [0.1, 0.15) is 5.75 Å². The molecule has 5 nitrogen and oxygen atoms in total. The van der Waals surface area contributed by atoms with E-state index >= 15 is 0 Å². The van der Waals surface area contributed by atoms with Crippen molar-refractivity contribution in [3.8, 4) is 5.75 Å². The highest BCUT2D eigenvalue weighted by molar-refractivity contribution is 5.97. The summed E-state index contributed by atoms with van der Waals surface area (Å²) in [6.07, 6.45) is 3.64. The Morgan fingerprint density at radius 2 is 2.21 bits per heavy atom. The number of hydrogen-bond acceptors (Lipinski definition) is 3. The Kier molecular flexibility index (Phi) is 3.69. The zero-order chi connectivity index (χ0) is 16.5. The highest BCUT2D eigenvalue weighted by Crippen LogP contribution is 2.34. The Hall–Kier alpha value is -2.82. The van der Waals surface area contributed by atoms with E-state index in [1.807, 2.05) is 41.3 Å². The van der Waals surface area contributed by atoms with Crippen molar-refractivity contribution in [2.24, 2.45) is 0 Å². The molecule has 0 spiro atoms. The summed E-state index contributed by atoms with van der Waals surface area (Å²) in [5.41, 5.74) is 3.58. The number of carbonyl (C=O) groups excluding carboxylic acids is 1. The predicted molar refractivity (Wildman–Crippen MR) is 92.1 cm³/mol. The number of methoxy groups -OCH3 is 1. The molecule has 122 valence electrons. The molecular weight excluding hydrogens is 302 g/mol. The van der Waals surface area contributed by atoms with Gasteiger partial charge in [-0.2, -0.15) is 0 Å². The van der Waals surface area contributed by atoms with E-state index in [9.17, 15) is 4.79 Å². The summed E-state index contributed by atoms with van der Waals surface area (Å²) in [6, 6.07) is 13.7. The third-order valence-electron chi connectivity index (χ3n) is 4.66. The number of ether oxygens (including phenoxy) is 1. The van der Waals surface area contributed by atoms with Gasteiger partial charge in [-0.15, -0.1) is 0 Å². The van der Waals surface area contributed by atoms with E-state index in [2.05, 4.69) is 16.0 Å².